The van der Waals surface area contributed by atoms with Gasteiger partial charge in [0.2, 0.25) is 0 Å². The van der Waals surface area contributed by atoms with Crippen LogP contribution in [0.4, 0.5) is 5.82 Å². The number of ether oxygens (including phenoxy) is 1. The summed E-state index contributed by atoms with van der Waals surface area (Å²) in [5.41, 5.74) is 2.82. The van der Waals surface area contributed by atoms with Gasteiger partial charge in [-0.2, -0.15) is 0 Å². The van der Waals surface area contributed by atoms with E-state index in [9.17, 15) is 4.79 Å². The Balaban J connectivity index is 1.69. The van der Waals surface area contributed by atoms with E-state index < -0.39 is 0 Å². The zero-order valence-electron chi connectivity index (χ0n) is 14.1. The summed E-state index contributed by atoms with van der Waals surface area (Å²) in [6, 6.07) is 8.20. The molecular formula is C20H21N3O2. The normalized spacial score (nSPS) is 23.8. The first kappa shape index (κ1) is 14.9. The Hall–Kier alpha value is -2.40. The van der Waals surface area contributed by atoms with Crippen molar-refractivity contribution in [2.45, 2.75) is 19.3 Å². The van der Waals surface area contributed by atoms with Crippen LogP contribution >= 0.6 is 0 Å². The third kappa shape index (κ3) is 2.26. The Morgan fingerprint density at radius 1 is 1.28 bits per heavy atom. The molecule has 5 heteroatoms. The maximum Gasteiger partial charge on any atom is 0.153 e. The number of nitrogens with one attached hydrogen (secondary N) is 1. The van der Waals surface area contributed by atoms with Crippen LogP contribution in [0, 0.1) is 5.41 Å². The number of aldehydes is 1. The molecule has 0 amide bonds. The van der Waals surface area contributed by atoms with Crippen LogP contribution in [0.2, 0.25) is 0 Å². The van der Waals surface area contributed by atoms with E-state index in [1.54, 1.807) is 6.20 Å². The number of H-pyrrole nitrogens is 1. The molecule has 5 nitrogen and oxygen atoms in total. The van der Waals surface area contributed by atoms with Crippen molar-refractivity contribution in [1.82, 2.24) is 9.97 Å². The van der Waals surface area contributed by atoms with Gasteiger partial charge in [-0.1, -0.05) is 18.2 Å². The zero-order chi connectivity index (χ0) is 16.9. The first-order valence-corrected chi connectivity index (χ1v) is 8.97. The minimum atomic E-state index is 0.266. The molecule has 1 spiro atoms. The zero-order valence-corrected chi connectivity index (χ0v) is 14.1. The molecule has 5 rings (SSSR count). The number of anilines is 1. The topological polar surface area (TPSA) is 58.2 Å². The fraction of sp³-hybridized carbons (Fsp3) is 0.400. The molecule has 2 aliphatic rings. The number of piperidine rings is 1. The molecule has 1 unspecified atom stereocenters. The lowest BCUT2D eigenvalue weighted by Crippen LogP contribution is -2.44. The summed E-state index contributed by atoms with van der Waals surface area (Å²) in [5.74, 6) is 0.990. The fourth-order valence-corrected chi connectivity index (χ4v) is 4.54. The number of hydrogen-bond donors (Lipinski definition) is 1. The second-order valence-electron chi connectivity index (χ2n) is 7.40. The minimum Gasteiger partial charge on any atom is -0.381 e. The number of aromatic nitrogens is 2. The summed E-state index contributed by atoms with van der Waals surface area (Å²) in [7, 11) is 0. The summed E-state index contributed by atoms with van der Waals surface area (Å²) in [6.45, 7) is 3.71. The maximum atomic E-state index is 11.5. The van der Waals surface area contributed by atoms with E-state index in [1.165, 1.54) is 6.42 Å². The molecule has 0 saturated carbocycles. The standard InChI is InChI=1S/C20H21N3O2/c24-11-14-10-21-19(17-15-4-1-2-5-16(15)22-18(14)17)23-8-3-6-20(12-23)7-9-25-13-20/h1-2,4-5,10-11,22H,3,6-9,12-13H2. The van der Waals surface area contributed by atoms with Gasteiger partial charge in [0.05, 0.1) is 23.1 Å². The number of benzene rings is 1. The molecule has 3 aromatic rings. The molecule has 2 aliphatic heterocycles. The van der Waals surface area contributed by atoms with E-state index in [2.05, 4.69) is 22.0 Å². The Morgan fingerprint density at radius 3 is 3.04 bits per heavy atom. The van der Waals surface area contributed by atoms with Gasteiger partial charge >= 0.3 is 0 Å². The number of para-hydroxylation sites is 1. The molecule has 0 bridgehead atoms. The quantitative estimate of drug-likeness (QED) is 0.728. The Kier molecular flexibility index (Phi) is 3.31. The number of carbonyl (C=O) groups is 1. The SMILES string of the molecule is O=Cc1cnc(N2CCCC3(CCOC3)C2)c2c1[nH]c1ccccc12. The molecule has 128 valence electrons. The number of aromatic amines is 1. The van der Waals surface area contributed by atoms with Crippen molar-refractivity contribution < 1.29 is 9.53 Å². The lowest BCUT2D eigenvalue weighted by atomic mass is 9.79. The number of nitrogens with zero attached hydrogens (tertiary/aromatic N) is 2. The second-order valence-corrected chi connectivity index (χ2v) is 7.40. The minimum absolute atomic E-state index is 0.266. The average molecular weight is 335 g/mol. The highest BCUT2D eigenvalue weighted by molar-refractivity contribution is 6.16. The third-order valence-electron chi connectivity index (χ3n) is 5.82. The van der Waals surface area contributed by atoms with Crippen molar-refractivity contribution in [2.24, 2.45) is 5.41 Å². The largest absolute Gasteiger partial charge is 0.381 e. The van der Waals surface area contributed by atoms with E-state index in [4.69, 9.17) is 9.72 Å². The van der Waals surface area contributed by atoms with E-state index in [0.717, 1.165) is 73.1 Å². The monoisotopic (exact) mass is 335 g/mol. The summed E-state index contributed by atoms with van der Waals surface area (Å²) in [5, 5.41) is 2.20. The van der Waals surface area contributed by atoms with Crippen molar-refractivity contribution in [3.05, 3.63) is 36.0 Å². The first-order chi connectivity index (χ1) is 12.3. The van der Waals surface area contributed by atoms with Gasteiger partial charge in [-0.25, -0.2) is 4.98 Å². The predicted octanol–water partition coefficient (Wildman–Crippen LogP) is 3.54. The van der Waals surface area contributed by atoms with Crippen LogP contribution < -0.4 is 4.90 Å². The third-order valence-corrected chi connectivity index (χ3v) is 5.82. The molecule has 2 fully saturated rings. The average Bonchev–Trinajstić information content (AvgIpc) is 3.26. The lowest BCUT2D eigenvalue weighted by molar-refractivity contribution is 0.112. The van der Waals surface area contributed by atoms with Crippen LogP contribution in [-0.2, 0) is 4.74 Å². The van der Waals surface area contributed by atoms with E-state index in [1.807, 2.05) is 12.1 Å². The predicted molar refractivity (Wildman–Crippen MR) is 98.3 cm³/mol. The molecule has 1 N–H and O–H groups in total. The number of fused-ring (bicyclic) bond motifs is 3. The van der Waals surface area contributed by atoms with Gasteiger partial charge in [-0.3, -0.25) is 4.79 Å². The lowest BCUT2D eigenvalue weighted by Gasteiger charge is -2.40. The van der Waals surface area contributed by atoms with Crippen molar-refractivity contribution in [3.63, 3.8) is 0 Å². The van der Waals surface area contributed by atoms with Gasteiger partial charge in [0.1, 0.15) is 5.82 Å². The number of rotatable bonds is 2. The van der Waals surface area contributed by atoms with Crippen molar-refractivity contribution in [1.29, 1.82) is 0 Å². The number of pyridine rings is 1. The summed E-state index contributed by atoms with van der Waals surface area (Å²) >= 11 is 0. The summed E-state index contributed by atoms with van der Waals surface area (Å²) in [4.78, 5) is 22.0. The van der Waals surface area contributed by atoms with Crippen LogP contribution in [0.1, 0.15) is 29.6 Å². The Morgan fingerprint density at radius 2 is 2.20 bits per heavy atom. The van der Waals surface area contributed by atoms with E-state index in [-0.39, 0.29) is 5.41 Å². The van der Waals surface area contributed by atoms with Crippen LogP contribution in [0.5, 0.6) is 0 Å². The van der Waals surface area contributed by atoms with E-state index >= 15 is 0 Å². The summed E-state index contributed by atoms with van der Waals surface area (Å²) < 4.78 is 5.70. The van der Waals surface area contributed by atoms with Crippen LogP contribution in [-0.4, -0.2) is 42.6 Å². The summed E-state index contributed by atoms with van der Waals surface area (Å²) in [6.07, 6.45) is 6.10. The van der Waals surface area contributed by atoms with Crippen molar-refractivity contribution >= 4 is 33.9 Å². The Labute approximate surface area is 146 Å². The molecule has 1 aromatic carbocycles. The highest BCUT2D eigenvalue weighted by Gasteiger charge is 2.39. The van der Waals surface area contributed by atoms with Gasteiger partial charge in [-0.05, 0) is 25.3 Å². The fourth-order valence-electron chi connectivity index (χ4n) is 4.54. The highest BCUT2D eigenvalue weighted by atomic mass is 16.5. The molecule has 4 heterocycles. The molecule has 0 radical (unpaired) electrons. The molecule has 2 aromatic heterocycles. The highest BCUT2D eigenvalue weighted by Crippen LogP contribution is 2.41. The van der Waals surface area contributed by atoms with Crippen LogP contribution in [0.15, 0.2) is 30.5 Å². The van der Waals surface area contributed by atoms with Crippen LogP contribution in [0.25, 0.3) is 21.8 Å². The molecule has 0 aliphatic carbocycles. The van der Waals surface area contributed by atoms with Crippen molar-refractivity contribution in [3.8, 4) is 0 Å². The first-order valence-electron chi connectivity index (χ1n) is 8.97. The second kappa shape index (κ2) is 5.56. The molecule has 2 saturated heterocycles. The van der Waals surface area contributed by atoms with Gasteiger partial charge in [0, 0.05) is 42.2 Å². The van der Waals surface area contributed by atoms with Gasteiger partial charge in [0.15, 0.2) is 6.29 Å². The molecular weight excluding hydrogens is 314 g/mol. The molecule has 25 heavy (non-hydrogen) atoms. The van der Waals surface area contributed by atoms with Crippen molar-refractivity contribution in [2.75, 3.05) is 31.2 Å². The van der Waals surface area contributed by atoms with E-state index in [0.29, 0.717) is 5.56 Å². The molecule has 1 atom stereocenters. The van der Waals surface area contributed by atoms with Crippen LogP contribution in [0.3, 0.4) is 0 Å². The van der Waals surface area contributed by atoms with Gasteiger partial charge in [0.25, 0.3) is 0 Å². The Bertz CT molecular complexity index is 956. The maximum absolute atomic E-state index is 11.5. The smallest absolute Gasteiger partial charge is 0.153 e. The number of hydrogen-bond acceptors (Lipinski definition) is 4. The van der Waals surface area contributed by atoms with Gasteiger partial charge < -0.3 is 14.6 Å². The van der Waals surface area contributed by atoms with Gasteiger partial charge in [-0.15, -0.1) is 0 Å². The number of carbonyl (C=O) groups excluding carboxylic acids is 1.